The number of hydrogen-bond acceptors (Lipinski definition) is 6. The molecule has 192 valence electrons. The van der Waals surface area contributed by atoms with Crippen molar-refractivity contribution in [2.75, 3.05) is 10.8 Å². The van der Waals surface area contributed by atoms with Crippen LogP contribution < -0.4 is 4.31 Å². The summed E-state index contributed by atoms with van der Waals surface area (Å²) < 4.78 is 33.5. The third-order valence-corrected chi connectivity index (χ3v) is 7.18. The van der Waals surface area contributed by atoms with Crippen molar-refractivity contribution in [2.45, 2.75) is 58.5 Å². The van der Waals surface area contributed by atoms with E-state index in [9.17, 15) is 23.1 Å². The number of hydrogen-bond donors (Lipinski definition) is 1. The van der Waals surface area contributed by atoms with E-state index in [1.165, 1.54) is 34.8 Å². The van der Waals surface area contributed by atoms with Gasteiger partial charge in [-0.15, -0.1) is 0 Å². The molecule has 3 rings (SSSR count). The fourth-order valence-corrected chi connectivity index (χ4v) is 5.25. The molecule has 2 aromatic rings. The van der Waals surface area contributed by atoms with Gasteiger partial charge in [-0.2, -0.15) is 0 Å². The van der Waals surface area contributed by atoms with Crippen molar-refractivity contribution in [1.82, 2.24) is 4.98 Å². The number of rotatable bonds is 6. The van der Waals surface area contributed by atoms with Crippen molar-refractivity contribution in [3.05, 3.63) is 64.9 Å². The number of anilines is 1. The van der Waals surface area contributed by atoms with Crippen LogP contribution in [0.3, 0.4) is 0 Å². The fourth-order valence-electron chi connectivity index (χ4n) is 3.74. The Balaban J connectivity index is 1.88. The van der Waals surface area contributed by atoms with Gasteiger partial charge < -0.3 is 9.84 Å². The van der Waals surface area contributed by atoms with Crippen molar-refractivity contribution in [3.8, 4) is 0 Å². The molecule has 1 aromatic heterocycles. The molecule has 36 heavy (non-hydrogen) atoms. The van der Waals surface area contributed by atoms with Crippen LogP contribution in [0.15, 0.2) is 53.1 Å². The molecule has 1 N–H and O–H groups in total. The summed E-state index contributed by atoms with van der Waals surface area (Å²) in [6.45, 7) is 10.9. The van der Waals surface area contributed by atoms with E-state index in [1.807, 2.05) is 0 Å². The lowest BCUT2D eigenvalue weighted by atomic mass is 9.85. The summed E-state index contributed by atoms with van der Waals surface area (Å²) in [7, 11) is -3.92. The molecular formula is C27H32N2O6S. The zero-order chi connectivity index (χ0) is 26.9. The van der Waals surface area contributed by atoms with Crippen LogP contribution in [-0.4, -0.2) is 42.6 Å². The molecule has 0 fully saturated rings. The molecule has 1 aliphatic heterocycles. The first kappa shape index (κ1) is 27.1. The van der Waals surface area contributed by atoms with E-state index in [-0.39, 0.29) is 17.0 Å². The molecule has 9 heteroatoms. The van der Waals surface area contributed by atoms with E-state index >= 15 is 0 Å². The number of carboxylic acid groups (broad SMARTS) is 1. The summed E-state index contributed by atoms with van der Waals surface area (Å²) in [6, 6.07) is 8.03. The second-order valence-electron chi connectivity index (χ2n) is 10.6. The van der Waals surface area contributed by atoms with E-state index in [0.29, 0.717) is 23.4 Å². The normalized spacial score (nSPS) is 14.7. The van der Waals surface area contributed by atoms with E-state index < -0.39 is 33.0 Å². The highest BCUT2D eigenvalue weighted by molar-refractivity contribution is 7.92. The second-order valence-corrected chi connectivity index (χ2v) is 12.5. The van der Waals surface area contributed by atoms with Gasteiger partial charge in [0.05, 0.1) is 4.90 Å². The lowest BCUT2D eigenvalue weighted by molar-refractivity contribution is -0.148. The molecular weight excluding hydrogens is 480 g/mol. The Bertz CT molecular complexity index is 1350. The number of carboxylic acids is 1. The fraction of sp³-hybridized carbons (Fsp3) is 0.370. The maximum absolute atomic E-state index is 13.5. The van der Waals surface area contributed by atoms with Gasteiger partial charge in [-0.1, -0.05) is 32.9 Å². The number of sulfonamides is 1. The lowest BCUT2D eigenvalue weighted by Crippen LogP contribution is -2.29. The summed E-state index contributed by atoms with van der Waals surface area (Å²) in [5.74, 6) is -1.19. The first-order valence-corrected chi connectivity index (χ1v) is 13.0. The van der Waals surface area contributed by atoms with Gasteiger partial charge in [0, 0.05) is 24.4 Å². The number of esters is 1. The van der Waals surface area contributed by atoms with Crippen LogP contribution in [-0.2, 0) is 30.8 Å². The minimum atomic E-state index is -3.92. The molecule has 0 spiro atoms. The van der Waals surface area contributed by atoms with Crippen LogP contribution in [0.5, 0.6) is 0 Å². The van der Waals surface area contributed by atoms with E-state index in [4.69, 9.17) is 4.74 Å². The van der Waals surface area contributed by atoms with Crippen molar-refractivity contribution >= 4 is 39.9 Å². The Morgan fingerprint density at radius 2 is 1.78 bits per heavy atom. The molecule has 0 saturated carbocycles. The largest absolute Gasteiger partial charge is 0.478 e. The first-order chi connectivity index (χ1) is 16.6. The molecule has 0 radical (unpaired) electrons. The van der Waals surface area contributed by atoms with Gasteiger partial charge in [0.2, 0.25) is 0 Å². The number of carbonyl (C=O) groups excluding carboxylic acids is 1. The standard InChI is InChI=1S/C27H32N2O6S/c1-26(2,3)22(25(31)32)16-18-8-7-9-21(15-18)36(33,34)29-13-12-20-14-19(17-28-24(20)29)10-11-23(30)35-27(4,5)6/h7-11,14-17H,12-13H2,1-6H3,(H,31,32). The number of aliphatic carboxylic acids is 1. The SMILES string of the molecule is CC(C)(C)OC(=O)C=Cc1cnc2c(c1)CCN2S(=O)(=O)c1cccc(C=C(C(=O)O)C(C)(C)C)c1. The molecule has 8 nitrogen and oxygen atoms in total. The maximum atomic E-state index is 13.5. The Hall–Kier alpha value is -3.46. The quantitative estimate of drug-likeness (QED) is 0.441. The number of pyridine rings is 1. The van der Waals surface area contributed by atoms with Gasteiger partial charge in [0.15, 0.2) is 0 Å². The van der Waals surface area contributed by atoms with Crippen molar-refractivity contribution < 1.29 is 27.9 Å². The van der Waals surface area contributed by atoms with Crippen LogP contribution in [0.25, 0.3) is 12.2 Å². The van der Waals surface area contributed by atoms with Gasteiger partial charge in [-0.25, -0.2) is 27.3 Å². The lowest BCUT2D eigenvalue weighted by Gasteiger charge is -2.20. The summed E-state index contributed by atoms with van der Waals surface area (Å²) in [5.41, 5.74) is 0.863. The molecule has 0 amide bonds. The highest BCUT2D eigenvalue weighted by Crippen LogP contribution is 2.33. The number of fused-ring (bicyclic) bond motifs is 1. The number of nitrogens with zero attached hydrogens (tertiary/aromatic N) is 2. The minimum Gasteiger partial charge on any atom is -0.478 e. The first-order valence-electron chi connectivity index (χ1n) is 11.6. The molecule has 1 aromatic carbocycles. The van der Waals surface area contributed by atoms with Gasteiger partial charge in [-0.05, 0) is 79.6 Å². The van der Waals surface area contributed by atoms with E-state index in [2.05, 4.69) is 4.98 Å². The zero-order valence-corrected chi connectivity index (χ0v) is 22.2. The van der Waals surface area contributed by atoms with Gasteiger partial charge in [0.25, 0.3) is 10.0 Å². The highest BCUT2D eigenvalue weighted by atomic mass is 32.2. The smallest absolute Gasteiger partial charge is 0.332 e. The van der Waals surface area contributed by atoms with Crippen LogP contribution in [0.2, 0.25) is 0 Å². The molecule has 0 bridgehead atoms. The van der Waals surface area contributed by atoms with E-state index in [0.717, 1.165) is 5.56 Å². The van der Waals surface area contributed by atoms with Crippen molar-refractivity contribution in [3.63, 3.8) is 0 Å². The summed E-state index contributed by atoms with van der Waals surface area (Å²) in [5, 5.41) is 9.59. The summed E-state index contributed by atoms with van der Waals surface area (Å²) >= 11 is 0. The minimum absolute atomic E-state index is 0.0541. The van der Waals surface area contributed by atoms with Crippen LogP contribution >= 0.6 is 0 Å². The van der Waals surface area contributed by atoms with Crippen molar-refractivity contribution in [2.24, 2.45) is 5.41 Å². The Morgan fingerprint density at radius 3 is 2.39 bits per heavy atom. The summed E-state index contributed by atoms with van der Waals surface area (Å²) in [4.78, 5) is 28.1. The maximum Gasteiger partial charge on any atom is 0.332 e. The summed E-state index contributed by atoms with van der Waals surface area (Å²) in [6.07, 6.45) is 6.39. The molecule has 0 saturated heterocycles. The van der Waals surface area contributed by atoms with E-state index in [1.54, 1.807) is 65.8 Å². The second kappa shape index (κ2) is 9.89. The Kier molecular flexibility index (Phi) is 7.45. The number of ether oxygens (including phenoxy) is 1. The Labute approximate surface area is 212 Å². The van der Waals surface area contributed by atoms with Gasteiger partial charge >= 0.3 is 11.9 Å². The van der Waals surface area contributed by atoms with Crippen molar-refractivity contribution in [1.29, 1.82) is 0 Å². The predicted molar refractivity (Wildman–Crippen MR) is 139 cm³/mol. The monoisotopic (exact) mass is 512 g/mol. The Morgan fingerprint density at radius 1 is 1.08 bits per heavy atom. The zero-order valence-electron chi connectivity index (χ0n) is 21.4. The molecule has 1 aliphatic rings. The molecule has 0 unspecified atom stereocenters. The number of aromatic nitrogens is 1. The van der Waals surface area contributed by atoms with Gasteiger partial charge in [0.1, 0.15) is 11.4 Å². The average molecular weight is 513 g/mol. The molecule has 0 aliphatic carbocycles. The third-order valence-electron chi connectivity index (χ3n) is 5.40. The predicted octanol–water partition coefficient (Wildman–Crippen LogP) is 4.70. The van der Waals surface area contributed by atoms with Crippen LogP contribution in [0, 0.1) is 5.41 Å². The number of benzene rings is 1. The van der Waals surface area contributed by atoms with Crippen LogP contribution in [0.4, 0.5) is 5.82 Å². The van der Waals surface area contributed by atoms with Gasteiger partial charge in [-0.3, -0.25) is 0 Å². The molecule has 0 atom stereocenters. The number of carbonyl (C=O) groups is 2. The third kappa shape index (κ3) is 6.40. The topological polar surface area (TPSA) is 114 Å². The van der Waals surface area contributed by atoms with Crippen LogP contribution in [0.1, 0.15) is 58.2 Å². The highest BCUT2D eigenvalue weighted by Gasteiger charge is 2.32. The molecule has 2 heterocycles. The average Bonchev–Trinajstić information content (AvgIpc) is 3.18.